The van der Waals surface area contributed by atoms with Crippen LogP contribution in [-0.4, -0.2) is 33.1 Å². The molecule has 2 aliphatic rings. The number of hydrogen-bond acceptors (Lipinski definition) is 4. The van der Waals surface area contributed by atoms with E-state index in [0.717, 1.165) is 42.5 Å². The second-order valence-corrected chi connectivity index (χ2v) is 10.8. The Balaban J connectivity index is 1.47. The summed E-state index contributed by atoms with van der Waals surface area (Å²) in [6.45, 7) is -1.06. The lowest BCUT2D eigenvalue weighted by atomic mass is 9.87. The van der Waals surface area contributed by atoms with Gasteiger partial charge in [0.1, 0.15) is 5.82 Å². The Morgan fingerprint density at radius 1 is 0.974 bits per heavy atom. The number of ether oxygens (including phenoxy) is 1. The molecule has 3 aromatic rings. The van der Waals surface area contributed by atoms with Crippen LogP contribution in [0.2, 0.25) is 0 Å². The molecule has 0 unspecified atom stereocenters. The molecule has 0 heterocycles. The number of anilines is 2. The SMILES string of the molecule is [2H][C@@H](c1ccc(-c2ccc(N(C)C)cc2)cc1)N(C(=O)[C@H]1C[C@@H]2CC[C@H]1C2)c1cc(F)cc(/C=C/C(=O)OC)c1. The molecule has 5 nitrogen and oxygen atoms in total. The van der Waals surface area contributed by atoms with E-state index in [2.05, 4.69) is 29.0 Å². The van der Waals surface area contributed by atoms with Gasteiger partial charge < -0.3 is 14.5 Å². The summed E-state index contributed by atoms with van der Waals surface area (Å²) in [4.78, 5) is 29.1. The Morgan fingerprint density at radius 3 is 2.26 bits per heavy atom. The Bertz CT molecular complexity index is 1400. The third-order valence-electron chi connectivity index (χ3n) is 7.99. The summed E-state index contributed by atoms with van der Waals surface area (Å²) in [5.41, 5.74) is 4.53. The van der Waals surface area contributed by atoms with E-state index in [4.69, 9.17) is 0 Å². The Kier molecular flexibility index (Phi) is 7.44. The lowest BCUT2D eigenvalue weighted by Crippen LogP contribution is -2.38. The van der Waals surface area contributed by atoms with Crippen LogP contribution in [0.25, 0.3) is 17.2 Å². The number of methoxy groups -OCH3 is 1. The molecule has 202 valence electrons. The molecule has 1 amide bonds. The zero-order valence-electron chi connectivity index (χ0n) is 23.6. The minimum Gasteiger partial charge on any atom is -0.466 e. The zero-order chi connectivity index (χ0) is 28.4. The second-order valence-electron chi connectivity index (χ2n) is 10.8. The highest BCUT2D eigenvalue weighted by Gasteiger charge is 2.44. The van der Waals surface area contributed by atoms with Crippen molar-refractivity contribution in [2.45, 2.75) is 32.2 Å². The Hall–Kier alpha value is -3.93. The average molecular weight is 528 g/mol. The van der Waals surface area contributed by atoms with Gasteiger partial charge >= 0.3 is 5.97 Å². The van der Waals surface area contributed by atoms with Crippen LogP contribution in [0.1, 0.15) is 38.2 Å². The topological polar surface area (TPSA) is 49.9 Å². The van der Waals surface area contributed by atoms with Gasteiger partial charge in [-0.15, -0.1) is 0 Å². The second kappa shape index (κ2) is 11.4. The van der Waals surface area contributed by atoms with Gasteiger partial charge in [-0.05, 0) is 89.8 Å². The normalized spacial score (nSPS) is 21.0. The van der Waals surface area contributed by atoms with Crippen molar-refractivity contribution >= 4 is 29.3 Å². The number of carbonyl (C=O) groups excluding carboxylic acids is 2. The standard InChI is InChI=1S/C33H35FN2O3/c1-35(2)29-13-11-26(12-14-29)25-8-4-22(5-9-25)21-36(33(38)31-19-23-6-10-27(31)16-23)30-18-24(17-28(34)20-30)7-15-32(37)39-3/h4-5,7-9,11-15,17-18,20,23,27,31H,6,10,16,19,21H2,1-3H3/b15-7+/t23-,27+,31+/m1/s1/i21D/t21-,23+,27-,31-/m0. The third-order valence-corrected chi connectivity index (χ3v) is 7.99. The van der Waals surface area contributed by atoms with Gasteiger partial charge in [0.05, 0.1) is 15.0 Å². The fourth-order valence-corrected chi connectivity index (χ4v) is 5.92. The first-order chi connectivity index (χ1) is 19.2. The van der Waals surface area contributed by atoms with E-state index >= 15 is 0 Å². The smallest absolute Gasteiger partial charge is 0.330 e. The number of esters is 1. The van der Waals surface area contributed by atoms with Crippen molar-refractivity contribution in [2.75, 3.05) is 31.0 Å². The highest BCUT2D eigenvalue weighted by molar-refractivity contribution is 5.96. The van der Waals surface area contributed by atoms with Crippen LogP contribution in [0.4, 0.5) is 15.8 Å². The third kappa shape index (κ3) is 6.06. The summed E-state index contributed by atoms with van der Waals surface area (Å²) in [5, 5.41) is 0. The molecular weight excluding hydrogens is 491 g/mol. The predicted molar refractivity (Wildman–Crippen MR) is 154 cm³/mol. The summed E-state index contributed by atoms with van der Waals surface area (Å²) in [7, 11) is 5.27. The van der Waals surface area contributed by atoms with E-state index in [1.165, 1.54) is 36.3 Å². The fourth-order valence-electron chi connectivity index (χ4n) is 5.92. The van der Waals surface area contributed by atoms with Crippen LogP contribution in [-0.2, 0) is 20.8 Å². The largest absolute Gasteiger partial charge is 0.466 e. The molecule has 0 aliphatic heterocycles. The van der Waals surface area contributed by atoms with Crippen molar-refractivity contribution in [1.82, 2.24) is 0 Å². The molecule has 6 heteroatoms. The van der Waals surface area contributed by atoms with Crippen LogP contribution in [0.15, 0.2) is 72.8 Å². The fraction of sp³-hybridized carbons (Fsp3) is 0.333. The molecule has 3 aromatic carbocycles. The summed E-state index contributed by atoms with van der Waals surface area (Å²) in [5.74, 6) is -0.546. The highest BCUT2D eigenvalue weighted by atomic mass is 19.1. The van der Waals surface area contributed by atoms with Gasteiger partial charge in [0.25, 0.3) is 0 Å². The summed E-state index contributed by atoms with van der Waals surface area (Å²) in [6.07, 6.45) is 6.70. The maximum absolute atomic E-state index is 14.8. The van der Waals surface area contributed by atoms with Gasteiger partial charge in [-0.1, -0.05) is 42.8 Å². The molecule has 5 rings (SSSR count). The molecule has 2 fully saturated rings. The number of hydrogen-bond donors (Lipinski definition) is 0. The van der Waals surface area contributed by atoms with Crippen LogP contribution < -0.4 is 9.80 Å². The van der Waals surface area contributed by atoms with Crippen LogP contribution in [0.5, 0.6) is 0 Å². The van der Waals surface area contributed by atoms with Gasteiger partial charge in [-0.3, -0.25) is 4.79 Å². The van der Waals surface area contributed by atoms with Gasteiger partial charge in [0.15, 0.2) is 0 Å². The molecular formula is C33H35FN2O3. The maximum atomic E-state index is 14.8. The highest BCUT2D eigenvalue weighted by Crippen LogP contribution is 2.49. The molecule has 0 aromatic heterocycles. The number of rotatable bonds is 8. The Labute approximate surface area is 231 Å². The molecule has 0 spiro atoms. The first-order valence-corrected chi connectivity index (χ1v) is 13.4. The maximum Gasteiger partial charge on any atom is 0.330 e. The molecule has 2 aliphatic carbocycles. The molecule has 2 bridgehead atoms. The first-order valence-electron chi connectivity index (χ1n) is 14.0. The van der Waals surface area contributed by atoms with E-state index in [9.17, 15) is 15.4 Å². The van der Waals surface area contributed by atoms with E-state index < -0.39 is 18.3 Å². The van der Waals surface area contributed by atoms with Crippen LogP contribution in [0.3, 0.4) is 0 Å². The number of benzene rings is 3. The number of carbonyl (C=O) groups is 2. The quantitative estimate of drug-likeness (QED) is 0.241. The number of fused-ring (bicyclic) bond motifs is 2. The molecule has 39 heavy (non-hydrogen) atoms. The molecule has 0 saturated heterocycles. The van der Waals surface area contributed by atoms with Crippen molar-refractivity contribution in [2.24, 2.45) is 17.8 Å². The number of halogens is 1. The zero-order valence-corrected chi connectivity index (χ0v) is 22.6. The Morgan fingerprint density at radius 2 is 1.67 bits per heavy atom. The summed E-state index contributed by atoms with van der Waals surface area (Å²) >= 11 is 0. The summed E-state index contributed by atoms with van der Waals surface area (Å²) < 4.78 is 28.7. The van der Waals surface area contributed by atoms with Gasteiger partial charge in [0.2, 0.25) is 5.91 Å². The van der Waals surface area contributed by atoms with E-state index in [0.29, 0.717) is 28.7 Å². The molecule has 0 radical (unpaired) electrons. The first kappa shape index (κ1) is 25.4. The van der Waals surface area contributed by atoms with Gasteiger partial charge in [-0.25, -0.2) is 9.18 Å². The van der Waals surface area contributed by atoms with Crippen molar-refractivity contribution < 1.29 is 20.1 Å². The van der Waals surface area contributed by atoms with Crippen LogP contribution in [0, 0.1) is 23.6 Å². The average Bonchev–Trinajstić information content (AvgIpc) is 3.60. The number of amides is 1. The van der Waals surface area contributed by atoms with Crippen LogP contribution >= 0.6 is 0 Å². The molecule has 2 saturated carbocycles. The molecule has 0 N–H and O–H groups in total. The van der Waals surface area contributed by atoms with Crippen molar-refractivity contribution in [3.8, 4) is 11.1 Å². The van der Waals surface area contributed by atoms with E-state index in [1.807, 2.05) is 43.3 Å². The molecule has 4 atom stereocenters. The van der Waals surface area contributed by atoms with Crippen molar-refractivity contribution in [3.05, 3.63) is 89.8 Å². The summed E-state index contributed by atoms with van der Waals surface area (Å²) in [6, 6.07) is 20.1. The van der Waals surface area contributed by atoms with E-state index in [-0.39, 0.29) is 11.8 Å². The van der Waals surface area contributed by atoms with Gasteiger partial charge in [0, 0.05) is 37.5 Å². The van der Waals surface area contributed by atoms with E-state index in [1.54, 1.807) is 6.07 Å². The van der Waals surface area contributed by atoms with Crippen molar-refractivity contribution in [3.63, 3.8) is 0 Å². The van der Waals surface area contributed by atoms with Crippen molar-refractivity contribution in [1.29, 1.82) is 0 Å². The monoisotopic (exact) mass is 527 g/mol. The minimum absolute atomic E-state index is 0.135. The lowest BCUT2D eigenvalue weighted by Gasteiger charge is -2.30. The number of nitrogens with zero attached hydrogens (tertiary/aromatic N) is 2. The van der Waals surface area contributed by atoms with Gasteiger partial charge in [-0.2, -0.15) is 0 Å². The minimum atomic E-state index is -1.06. The predicted octanol–water partition coefficient (Wildman–Crippen LogP) is 6.71. The lowest BCUT2D eigenvalue weighted by molar-refractivity contribution is -0.134.